The van der Waals surface area contributed by atoms with Crippen molar-refractivity contribution in [3.63, 3.8) is 0 Å². The fourth-order valence-corrected chi connectivity index (χ4v) is 14.1. The Hall–Kier alpha value is -5.88. The Labute approximate surface area is 601 Å². The number of hydrogen-bond donors (Lipinski definition) is 4. The van der Waals surface area contributed by atoms with Gasteiger partial charge in [0.25, 0.3) is 0 Å². The van der Waals surface area contributed by atoms with Gasteiger partial charge in [-0.1, -0.05) is 109 Å². The normalized spacial score (nSPS) is 14.1. The van der Waals surface area contributed by atoms with E-state index in [0.717, 1.165) is 88.1 Å². The SMILES string of the molecule is C1CCOC1.O=C(O)Cc1cccc(I)c1.O=C(OCc1ccccc1)N1CC[C@H]1COc1cncc(-c2cccc(CCO)c2)c1.OCCc1cccc(I)c1.OCCc1cccc(I)c1.[B].[CH3][Sn]([CH3])([CH3])[c]1cncc(OC[C@@H]2CCN2C(=O)OCc2ccccc2)c1. The van der Waals surface area contributed by atoms with Crippen LogP contribution in [-0.2, 0) is 57.9 Å². The molecule has 3 fully saturated rings. The van der Waals surface area contributed by atoms with Gasteiger partial charge in [0.2, 0.25) is 0 Å². The van der Waals surface area contributed by atoms with Gasteiger partial charge in [0, 0.05) is 70.5 Å². The third-order valence-corrected chi connectivity index (χ3v) is 22.4. The maximum atomic E-state index is 12.4. The predicted octanol–water partition coefficient (Wildman–Crippen LogP) is 13.5. The van der Waals surface area contributed by atoms with E-state index in [2.05, 4.69) is 111 Å². The van der Waals surface area contributed by atoms with Gasteiger partial charge in [0.15, 0.2) is 0 Å². The summed E-state index contributed by atoms with van der Waals surface area (Å²) in [5.74, 6) is 0.667. The van der Waals surface area contributed by atoms with E-state index in [0.29, 0.717) is 38.5 Å². The molecule has 21 heteroatoms. The van der Waals surface area contributed by atoms with Gasteiger partial charge in [-0.3, -0.25) is 9.78 Å². The van der Waals surface area contributed by atoms with Crippen molar-refractivity contribution in [1.29, 1.82) is 0 Å². The number of halogens is 3. The molecular weight excluding hydrogens is 1640 g/mol. The number of likely N-dealkylation sites (tertiary alicyclic amines) is 2. The first-order valence-corrected chi connectivity index (χ1v) is 44.3. The zero-order valence-electron chi connectivity index (χ0n) is 53.6. The Balaban J connectivity index is 0.000000225. The minimum absolute atomic E-state index is 0. The quantitative estimate of drug-likeness (QED) is 0.0413. The summed E-state index contributed by atoms with van der Waals surface area (Å²) in [5.41, 5.74) is 8.27. The fraction of sp³-hybridized carbons (Fsp3) is 0.329. The summed E-state index contributed by atoms with van der Waals surface area (Å²) in [5, 5.41) is 34.8. The van der Waals surface area contributed by atoms with Crippen LogP contribution in [0.4, 0.5) is 9.59 Å². The summed E-state index contributed by atoms with van der Waals surface area (Å²) in [4.78, 5) is 54.0. The number of nitrogens with zero attached hydrogens (tertiary/aromatic N) is 4. The molecule has 6 aromatic carbocycles. The zero-order valence-corrected chi connectivity index (χ0v) is 62.9. The molecule has 3 aliphatic heterocycles. The Bertz CT molecular complexity index is 3450. The van der Waals surface area contributed by atoms with Gasteiger partial charge in [-0.15, -0.1) is 0 Å². The Kier molecular flexibility index (Phi) is 36.9. The summed E-state index contributed by atoms with van der Waals surface area (Å²) >= 11 is 4.53. The van der Waals surface area contributed by atoms with Crippen LogP contribution in [0.5, 0.6) is 11.5 Å². The average molecular weight is 1720 g/mol. The van der Waals surface area contributed by atoms with Crippen LogP contribution < -0.4 is 13.1 Å². The van der Waals surface area contributed by atoms with E-state index in [1.807, 2.05) is 158 Å². The average Bonchev–Trinajstić information content (AvgIpc) is 0.875. The Morgan fingerprint density at radius 3 is 1.33 bits per heavy atom. The number of pyridine rings is 2. The maximum absolute atomic E-state index is 12.4. The van der Waals surface area contributed by atoms with Crippen LogP contribution in [0, 0.1) is 10.7 Å². The molecule has 0 unspecified atom stereocenters. The number of aromatic nitrogens is 2. The monoisotopic (exact) mass is 1720 g/mol. The molecule has 3 aliphatic rings. The van der Waals surface area contributed by atoms with Crippen molar-refractivity contribution in [2.24, 2.45) is 0 Å². The first-order valence-electron chi connectivity index (χ1n) is 31.1. The van der Waals surface area contributed by atoms with E-state index in [4.69, 9.17) is 44.1 Å². The number of rotatable bonds is 20. The molecule has 4 N–H and O–H groups in total. The molecule has 11 rings (SSSR count). The Morgan fingerprint density at radius 2 is 0.926 bits per heavy atom. The first kappa shape index (κ1) is 78.8. The second-order valence-electron chi connectivity index (χ2n) is 22.9. The van der Waals surface area contributed by atoms with Crippen LogP contribution in [0.1, 0.15) is 59.1 Å². The van der Waals surface area contributed by atoms with Crippen molar-refractivity contribution in [2.75, 3.05) is 59.3 Å². The van der Waals surface area contributed by atoms with Crippen LogP contribution in [0.25, 0.3) is 11.1 Å². The van der Waals surface area contributed by atoms with Gasteiger partial charge < -0.3 is 39.5 Å². The van der Waals surface area contributed by atoms with E-state index < -0.39 is 24.3 Å². The number of benzene rings is 6. The van der Waals surface area contributed by atoms with Gasteiger partial charge in [-0.05, 0) is 182 Å². The number of ether oxygens (including phenoxy) is 5. The summed E-state index contributed by atoms with van der Waals surface area (Å²) in [6.07, 6.45) is 13.2. The Morgan fingerprint density at radius 1 is 0.511 bits per heavy atom. The fourth-order valence-electron chi connectivity index (χ4n) is 9.27. The number of aliphatic carboxylic acids is 1. The number of carboxylic acid groups (broad SMARTS) is 1. The molecule has 0 spiro atoms. The minimum atomic E-state index is -2.15. The number of aliphatic hydroxyl groups is 3. The van der Waals surface area contributed by atoms with E-state index in [1.54, 1.807) is 28.4 Å². The van der Waals surface area contributed by atoms with Crippen LogP contribution in [-0.4, -0.2) is 157 Å². The molecule has 2 amide bonds. The number of carbonyl (C=O) groups is 3. The van der Waals surface area contributed by atoms with E-state index in [9.17, 15) is 14.4 Å². The molecule has 0 aliphatic carbocycles. The topological polar surface area (TPSA) is 211 Å². The number of carbonyl (C=O) groups excluding carboxylic acids is 2. The van der Waals surface area contributed by atoms with Crippen LogP contribution in [0.2, 0.25) is 14.8 Å². The van der Waals surface area contributed by atoms with Crippen molar-refractivity contribution in [1.82, 2.24) is 19.8 Å². The molecule has 0 bridgehead atoms. The van der Waals surface area contributed by atoms with Gasteiger partial charge in [-0.2, -0.15) is 0 Å². The predicted molar refractivity (Wildman–Crippen MR) is 398 cm³/mol. The van der Waals surface area contributed by atoms with Crippen LogP contribution >= 0.6 is 67.8 Å². The van der Waals surface area contributed by atoms with Crippen molar-refractivity contribution >= 4 is 116 Å². The number of hydrogen-bond acceptors (Lipinski definition) is 13. The molecule has 3 saturated heterocycles. The van der Waals surface area contributed by atoms with E-state index in [-0.39, 0.29) is 65.5 Å². The number of aliphatic hydroxyl groups excluding tert-OH is 3. The van der Waals surface area contributed by atoms with E-state index in [1.165, 1.54) is 34.7 Å². The third-order valence-electron chi connectivity index (χ3n) is 14.7. The second kappa shape index (κ2) is 44.0. The molecule has 94 heavy (non-hydrogen) atoms. The summed E-state index contributed by atoms with van der Waals surface area (Å²) < 4.78 is 32.5. The zero-order chi connectivity index (χ0) is 66.6. The molecular formula is C73H85BI3N4O12Sn. The van der Waals surface area contributed by atoms with Crippen LogP contribution in [0.3, 0.4) is 0 Å². The molecule has 0 saturated carbocycles. The third kappa shape index (κ3) is 30.0. The van der Waals surface area contributed by atoms with E-state index >= 15 is 0 Å². The van der Waals surface area contributed by atoms with Crippen LogP contribution in [0.15, 0.2) is 195 Å². The molecule has 2 atom stereocenters. The second-order valence-corrected chi connectivity index (χ2v) is 41.2. The molecule has 3 radical (unpaired) electrons. The molecule has 2 aromatic heterocycles. The van der Waals surface area contributed by atoms with Gasteiger partial charge in [-0.25, -0.2) is 4.79 Å². The molecule has 16 nitrogen and oxygen atoms in total. The van der Waals surface area contributed by atoms with Crippen molar-refractivity contribution in [2.45, 2.75) is 91.5 Å². The summed E-state index contributed by atoms with van der Waals surface area (Å²) in [6, 6.07) is 55.3. The standard InChI is InChI=1S/C25H26N2O4.C17H17N2O3.C8H7IO2.2C8H9IO.C4H8O.3CH3.B.Sn/c28-12-10-19-7-4-8-21(13-19)22-14-24(16-26-15-22)30-18-23-9-11-27(23)25(29)31-17-20-5-2-1-3-6-20;20-17(22-12-14-5-2-1-3-6-14)19-10-8-15(19)13-21-16-7-4-9-18-11-16;9-7-3-1-2-6(4-7)5-8(10)11;2*9-8-3-1-2-7(6-8)4-5-10;1-2-4-5-3-1;;;;;/h1-8,13-16,23,28H,9-12,17-18H2;1-3,5-7,9,11,15H,8,10,12-13H2;1-4H,5H2,(H,10,11);2*1-3,6,10H,4-5H2;1-4H2;3*1H3;;/t23-;15-;;;;;;;;;/m00........./s1. The molecule has 5 heterocycles. The van der Waals surface area contributed by atoms with Crippen molar-refractivity contribution in [3.05, 3.63) is 239 Å². The molecule has 8 aromatic rings. The number of carboxylic acids is 1. The summed E-state index contributed by atoms with van der Waals surface area (Å²) in [7, 11) is 0. The van der Waals surface area contributed by atoms with Gasteiger partial charge in [0.1, 0.15) is 19.0 Å². The number of amides is 2. The first-order chi connectivity index (χ1) is 45.0. The van der Waals surface area contributed by atoms with Gasteiger partial charge in [0.05, 0.1) is 18.7 Å². The van der Waals surface area contributed by atoms with Crippen molar-refractivity contribution in [3.8, 4) is 22.6 Å². The van der Waals surface area contributed by atoms with Gasteiger partial charge >= 0.3 is 153 Å². The molecule has 497 valence electrons. The van der Waals surface area contributed by atoms with Crippen molar-refractivity contribution < 1.29 is 58.5 Å². The summed E-state index contributed by atoms with van der Waals surface area (Å²) in [6.45, 7) is 5.44.